The van der Waals surface area contributed by atoms with Crippen molar-refractivity contribution in [3.63, 3.8) is 0 Å². The van der Waals surface area contributed by atoms with Crippen LogP contribution in [0.1, 0.15) is 19.5 Å². The predicted molar refractivity (Wildman–Crippen MR) is 101 cm³/mol. The number of hydrogen-bond acceptors (Lipinski definition) is 2. The number of non-ortho nitro benzene ring substituents is 1. The first kappa shape index (κ1) is 17.2. The molecular weight excluding hydrogens is 314 g/mol. The van der Waals surface area contributed by atoms with E-state index < -0.39 is 0 Å². The Bertz CT molecular complexity index is 896. The number of nitro groups is 1. The molecule has 0 aliphatic carbocycles. The summed E-state index contributed by atoms with van der Waals surface area (Å²) in [5, 5.41) is 12.2. The van der Waals surface area contributed by atoms with Gasteiger partial charge in [0, 0.05) is 35.6 Å². The van der Waals surface area contributed by atoms with Crippen molar-refractivity contribution < 1.29 is 9.82 Å². The van der Waals surface area contributed by atoms with Gasteiger partial charge in [-0.05, 0) is 25.5 Å². The molecule has 3 aromatic rings. The Morgan fingerprint density at radius 3 is 2.36 bits per heavy atom. The molecule has 0 bridgehead atoms. The zero-order chi connectivity index (χ0) is 18.0. The lowest BCUT2D eigenvalue weighted by atomic mass is 10.0. The van der Waals surface area contributed by atoms with E-state index >= 15 is 0 Å². The van der Waals surface area contributed by atoms with E-state index in [9.17, 15) is 10.1 Å². The van der Waals surface area contributed by atoms with Crippen molar-refractivity contribution in [1.82, 2.24) is 4.57 Å². The van der Waals surface area contributed by atoms with Crippen LogP contribution in [0.3, 0.4) is 0 Å². The van der Waals surface area contributed by atoms with E-state index in [2.05, 4.69) is 37.6 Å². The quantitative estimate of drug-likeness (QED) is 0.554. The number of aryl methyl sites for hydroxylation is 1. The second kappa shape index (κ2) is 7.07. The summed E-state index contributed by atoms with van der Waals surface area (Å²) in [6.07, 6.45) is 0. The molecule has 2 aromatic carbocycles. The van der Waals surface area contributed by atoms with Crippen molar-refractivity contribution in [1.29, 1.82) is 0 Å². The SMILES string of the molecule is CC[NH+](CC)Cc1c(-c2ccccc2)c2cc([N+](=O)[O-])ccc2n1C. The predicted octanol–water partition coefficient (Wildman–Crippen LogP) is 3.18. The van der Waals surface area contributed by atoms with E-state index in [1.165, 1.54) is 10.6 Å². The van der Waals surface area contributed by atoms with Gasteiger partial charge in [-0.1, -0.05) is 30.3 Å². The molecule has 0 spiro atoms. The molecule has 0 saturated heterocycles. The summed E-state index contributed by atoms with van der Waals surface area (Å²) in [4.78, 5) is 12.4. The van der Waals surface area contributed by atoms with Crippen molar-refractivity contribution in [2.45, 2.75) is 20.4 Å². The van der Waals surface area contributed by atoms with E-state index in [1.54, 1.807) is 12.1 Å². The molecule has 0 amide bonds. The Morgan fingerprint density at radius 2 is 1.76 bits per heavy atom. The van der Waals surface area contributed by atoms with Crippen LogP contribution in [0.2, 0.25) is 0 Å². The maximum atomic E-state index is 11.2. The molecule has 5 nitrogen and oxygen atoms in total. The molecular formula is C20H24N3O2+. The summed E-state index contributed by atoms with van der Waals surface area (Å²) in [5.41, 5.74) is 4.61. The first-order valence-corrected chi connectivity index (χ1v) is 8.71. The second-order valence-corrected chi connectivity index (χ2v) is 6.34. The minimum Gasteiger partial charge on any atom is -0.342 e. The van der Waals surface area contributed by atoms with Crippen LogP contribution in [0.4, 0.5) is 5.69 Å². The van der Waals surface area contributed by atoms with Crippen LogP contribution in [0.25, 0.3) is 22.0 Å². The number of rotatable bonds is 6. The van der Waals surface area contributed by atoms with Gasteiger partial charge in [0.1, 0.15) is 6.54 Å². The minimum atomic E-state index is -0.323. The van der Waals surface area contributed by atoms with E-state index in [-0.39, 0.29) is 10.6 Å². The summed E-state index contributed by atoms with van der Waals surface area (Å²) in [7, 11) is 2.05. The summed E-state index contributed by atoms with van der Waals surface area (Å²) in [6.45, 7) is 7.37. The third-order valence-electron chi connectivity index (χ3n) is 5.00. The van der Waals surface area contributed by atoms with Gasteiger partial charge < -0.3 is 9.47 Å². The Hall–Kier alpha value is -2.66. The van der Waals surface area contributed by atoms with Crippen LogP contribution >= 0.6 is 0 Å². The standard InChI is InChI=1S/C20H23N3O2/c1-4-22(5-2)14-19-20(15-9-7-6-8-10-15)17-13-16(23(24)25)11-12-18(17)21(19)3/h6-13H,4-5,14H2,1-3H3/p+1. The lowest BCUT2D eigenvalue weighted by Gasteiger charge is -2.17. The number of benzene rings is 2. The first-order valence-electron chi connectivity index (χ1n) is 8.71. The van der Waals surface area contributed by atoms with Crippen molar-refractivity contribution in [2.24, 2.45) is 7.05 Å². The molecule has 3 rings (SSSR count). The maximum Gasteiger partial charge on any atom is 0.270 e. The molecule has 1 heterocycles. The summed E-state index contributed by atoms with van der Waals surface area (Å²) in [6, 6.07) is 15.3. The highest BCUT2D eigenvalue weighted by molar-refractivity contribution is 5.99. The molecule has 0 unspecified atom stereocenters. The summed E-state index contributed by atoms with van der Waals surface area (Å²) >= 11 is 0. The van der Waals surface area contributed by atoms with E-state index in [0.717, 1.165) is 41.7 Å². The van der Waals surface area contributed by atoms with Gasteiger partial charge >= 0.3 is 0 Å². The third-order valence-corrected chi connectivity index (χ3v) is 5.00. The van der Waals surface area contributed by atoms with Gasteiger partial charge in [0.05, 0.1) is 23.7 Å². The first-order chi connectivity index (χ1) is 12.1. The van der Waals surface area contributed by atoms with Crippen LogP contribution in [0.15, 0.2) is 48.5 Å². The third kappa shape index (κ3) is 3.15. The highest BCUT2D eigenvalue weighted by Gasteiger charge is 2.21. The number of fused-ring (bicyclic) bond motifs is 1. The van der Waals surface area contributed by atoms with Crippen LogP contribution in [0.5, 0.6) is 0 Å². The van der Waals surface area contributed by atoms with E-state index in [0.29, 0.717) is 0 Å². The summed E-state index contributed by atoms with van der Waals surface area (Å²) < 4.78 is 2.19. The van der Waals surface area contributed by atoms with Crippen molar-refractivity contribution in [3.8, 4) is 11.1 Å². The average molecular weight is 338 g/mol. The lowest BCUT2D eigenvalue weighted by Crippen LogP contribution is -3.10. The maximum absolute atomic E-state index is 11.2. The number of quaternary nitrogens is 1. The highest BCUT2D eigenvalue weighted by Crippen LogP contribution is 2.36. The minimum absolute atomic E-state index is 0.136. The fourth-order valence-corrected chi connectivity index (χ4v) is 3.47. The van der Waals surface area contributed by atoms with E-state index in [1.807, 2.05) is 24.3 Å². The van der Waals surface area contributed by atoms with Crippen molar-refractivity contribution in [3.05, 3.63) is 64.3 Å². The fourth-order valence-electron chi connectivity index (χ4n) is 3.47. The second-order valence-electron chi connectivity index (χ2n) is 6.34. The van der Waals surface area contributed by atoms with Gasteiger partial charge in [-0.3, -0.25) is 10.1 Å². The van der Waals surface area contributed by atoms with Gasteiger partial charge in [0.25, 0.3) is 5.69 Å². The van der Waals surface area contributed by atoms with Gasteiger partial charge in [0.2, 0.25) is 0 Å². The number of nitro benzene ring substituents is 1. The smallest absolute Gasteiger partial charge is 0.270 e. The molecule has 0 saturated carbocycles. The number of nitrogens with zero attached hydrogens (tertiary/aromatic N) is 2. The molecule has 0 radical (unpaired) electrons. The molecule has 1 N–H and O–H groups in total. The van der Waals surface area contributed by atoms with Crippen LogP contribution in [-0.4, -0.2) is 22.6 Å². The molecule has 130 valence electrons. The van der Waals surface area contributed by atoms with Crippen LogP contribution in [-0.2, 0) is 13.6 Å². The monoisotopic (exact) mass is 338 g/mol. The van der Waals surface area contributed by atoms with Gasteiger partial charge in [-0.15, -0.1) is 0 Å². The Balaban J connectivity index is 2.29. The van der Waals surface area contributed by atoms with Gasteiger partial charge in [-0.2, -0.15) is 0 Å². The number of aromatic nitrogens is 1. The topological polar surface area (TPSA) is 52.5 Å². The summed E-state index contributed by atoms with van der Waals surface area (Å²) in [5.74, 6) is 0. The average Bonchev–Trinajstić information content (AvgIpc) is 2.91. The number of hydrogen-bond donors (Lipinski definition) is 1. The normalized spacial score (nSPS) is 11.4. The van der Waals surface area contributed by atoms with Gasteiger partial charge in [0.15, 0.2) is 0 Å². The van der Waals surface area contributed by atoms with Gasteiger partial charge in [-0.25, -0.2) is 0 Å². The fraction of sp³-hybridized carbons (Fsp3) is 0.300. The molecule has 0 aliphatic rings. The Labute approximate surface area is 147 Å². The van der Waals surface area contributed by atoms with Crippen LogP contribution in [0, 0.1) is 10.1 Å². The van der Waals surface area contributed by atoms with Crippen molar-refractivity contribution in [2.75, 3.05) is 13.1 Å². The molecule has 0 atom stereocenters. The molecule has 0 fully saturated rings. The van der Waals surface area contributed by atoms with E-state index in [4.69, 9.17) is 0 Å². The largest absolute Gasteiger partial charge is 0.342 e. The number of nitrogens with one attached hydrogen (secondary N) is 1. The Kier molecular flexibility index (Phi) is 4.86. The van der Waals surface area contributed by atoms with Crippen LogP contribution < -0.4 is 4.90 Å². The highest BCUT2D eigenvalue weighted by atomic mass is 16.6. The Morgan fingerprint density at radius 1 is 1.08 bits per heavy atom. The molecule has 25 heavy (non-hydrogen) atoms. The molecule has 0 aliphatic heterocycles. The molecule has 1 aromatic heterocycles. The van der Waals surface area contributed by atoms with Crippen molar-refractivity contribution >= 4 is 16.6 Å². The zero-order valence-electron chi connectivity index (χ0n) is 15.0. The lowest BCUT2D eigenvalue weighted by molar-refractivity contribution is -0.910. The molecule has 5 heteroatoms. The zero-order valence-corrected chi connectivity index (χ0v) is 15.0.